The van der Waals surface area contributed by atoms with Crippen molar-refractivity contribution in [3.63, 3.8) is 0 Å². The molecule has 2 N–H and O–H groups in total. The highest BCUT2D eigenvalue weighted by Gasteiger charge is 2.19. The lowest BCUT2D eigenvalue weighted by Crippen LogP contribution is -2.39. The fourth-order valence-corrected chi connectivity index (χ4v) is 1.19. The Bertz CT molecular complexity index is 400. The van der Waals surface area contributed by atoms with Gasteiger partial charge in [-0.15, -0.1) is 0 Å². The zero-order valence-corrected chi connectivity index (χ0v) is 10.2. The average molecular weight is 236 g/mol. The smallest absolute Gasteiger partial charge is 0.408 e. The third-order valence-electron chi connectivity index (χ3n) is 1.83. The fourth-order valence-electron chi connectivity index (χ4n) is 1.19. The van der Waals surface area contributed by atoms with E-state index < -0.39 is 17.7 Å². The number of alkyl carbamates (subject to hydrolysis) is 1. The molecule has 0 aromatic carbocycles. The molecule has 0 radical (unpaired) electrons. The number of ether oxygens (including phenoxy) is 1. The summed E-state index contributed by atoms with van der Waals surface area (Å²) in [7, 11) is 0. The van der Waals surface area contributed by atoms with Crippen molar-refractivity contribution in [3.8, 4) is 6.07 Å². The van der Waals surface area contributed by atoms with Gasteiger partial charge in [0.05, 0.1) is 12.4 Å². The number of amides is 1. The second kappa shape index (κ2) is 5.34. The molecule has 0 aliphatic rings. The van der Waals surface area contributed by atoms with Crippen molar-refractivity contribution >= 4 is 6.09 Å². The van der Waals surface area contributed by atoms with Crippen LogP contribution in [-0.2, 0) is 11.2 Å². The maximum atomic E-state index is 11.4. The van der Waals surface area contributed by atoms with Gasteiger partial charge in [-0.05, 0) is 20.8 Å². The van der Waals surface area contributed by atoms with E-state index in [-0.39, 0.29) is 0 Å². The van der Waals surface area contributed by atoms with Gasteiger partial charge >= 0.3 is 6.09 Å². The average Bonchev–Trinajstić information content (AvgIpc) is 2.66. The number of nitriles is 1. The lowest BCUT2D eigenvalue weighted by Gasteiger charge is -2.20. The summed E-state index contributed by atoms with van der Waals surface area (Å²) in [6.07, 6.45) is 2.91. The van der Waals surface area contributed by atoms with E-state index in [4.69, 9.17) is 10.00 Å². The zero-order chi connectivity index (χ0) is 12.9. The van der Waals surface area contributed by atoms with Gasteiger partial charge in [-0.2, -0.15) is 5.26 Å². The molecule has 0 unspecified atom stereocenters. The van der Waals surface area contributed by atoms with Crippen LogP contribution in [0.3, 0.4) is 0 Å². The van der Waals surface area contributed by atoms with Crippen molar-refractivity contribution in [2.75, 3.05) is 0 Å². The molecular weight excluding hydrogens is 220 g/mol. The van der Waals surface area contributed by atoms with E-state index in [1.807, 2.05) is 6.07 Å². The van der Waals surface area contributed by atoms with Crippen molar-refractivity contribution in [2.24, 2.45) is 0 Å². The number of hydrogen-bond acceptors (Lipinski definition) is 4. The first kappa shape index (κ1) is 13.0. The van der Waals surface area contributed by atoms with Crippen molar-refractivity contribution < 1.29 is 9.53 Å². The van der Waals surface area contributed by atoms with Crippen molar-refractivity contribution in [2.45, 2.75) is 38.8 Å². The molecule has 1 atom stereocenters. The Labute approximate surface area is 100.0 Å². The summed E-state index contributed by atoms with van der Waals surface area (Å²) in [5.74, 6) is 0. The maximum absolute atomic E-state index is 11.4. The van der Waals surface area contributed by atoms with Crippen LogP contribution in [0.1, 0.15) is 26.5 Å². The molecule has 1 amide bonds. The predicted molar refractivity (Wildman–Crippen MR) is 61.1 cm³/mol. The van der Waals surface area contributed by atoms with Crippen molar-refractivity contribution in [1.82, 2.24) is 15.3 Å². The SMILES string of the molecule is CC(C)(C)OC(=O)N[C@H](C#N)Cc1cnc[nH]1. The summed E-state index contributed by atoms with van der Waals surface area (Å²) >= 11 is 0. The molecule has 0 aliphatic carbocycles. The monoisotopic (exact) mass is 236 g/mol. The first-order chi connectivity index (χ1) is 7.90. The third kappa shape index (κ3) is 5.02. The van der Waals surface area contributed by atoms with Crippen LogP contribution in [-0.4, -0.2) is 27.7 Å². The van der Waals surface area contributed by atoms with Gasteiger partial charge < -0.3 is 15.0 Å². The van der Waals surface area contributed by atoms with E-state index in [2.05, 4.69) is 15.3 Å². The highest BCUT2D eigenvalue weighted by atomic mass is 16.6. The van der Waals surface area contributed by atoms with E-state index in [0.717, 1.165) is 5.69 Å². The number of aromatic nitrogens is 2. The molecule has 1 heterocycles. The molecule has 17 heavy (non-hydrogen) atoms. The van der Waals surface area contributed by atoms with Crippen LogP contribution >= 0.6 is 0 Å². The zero-order valence-electron chi connectivity index (χ0n) is 10.2. The topological polar surface area (TPSA) is 90.8 Å². The molecule has 1 aromatic heterocycles. The van der Waals surface area contributed by atoms with E-state index >= 15 is 0 Å². The largest absolute Gasteiger partial charge is 0.444 e. The van der Waals surface area contributed by atoms with Crippen molar-refractivity contribution in [3.05, 3.63) is 18.2 Å². The minimum atomic E-state index is -0.634. The van der Waals surface area contributed by atoms with Crippen LogP contribution in [0.25, 0.3) is 0 Å². The molecule has 0 aliphatic heterocycles. The Morgan fingerprint density at radius 1 is 1.71 bits per heavy atom. The molecule has 0 bridgehead atoms. The van der Waals surface area contributed by atoms with Crippen LogP contribution in [0.2, 0.25) is 0 Å². The molecule has 0 saturated heterocycles. The summed E-state index contributed by atoms with van der Waals surface area (Å²) < 4.78 is 5.06. The van der Waals surface area contributed by atoms with Gasteiger partial charge in [-0.3, -0.25) is 0 Å². The van der Waals surface area contributed by atoms with E-state index in [1.54, 1.807) is 27.0 Å². The second-order valence-corrected chi connectivity index (χ2v) is 4.61. The maximum Gasteiger partial charge on any atom is 0.408 e. The Morgan fingerprint density at radius 2 is 2.41 bits per heavy atom. The van der Waals surface area contributed by atoms with E-state index in [1.165, 1.54) is 6.33 Å². The van der Waals surface area contributed by atoms with Gasteiger partial charge in [-0.25, -0.2) is 9.78 Å². The fraction of sp³-hybridized carbons (Fsp3) is 0.545. The summed E-state index contributed by atoms with van der Waals surface area (Å²) in [5.41, 5.74) is 0.213. The Morgan fingerprint density at radius 3 is 2.88 bits per heavy atom. The van der Waals surface area contributed by atoms with Crippen LogP contribution in [0, 0.1) is 11.3 Å². The lowest BCUT2D eigenvalue weighted by atomic mass is 10.2. The number of nitrogens with zero attached hydrogens (tertiary/aromatic N) is 2. The number of H-pyrrole nitrogens is 1. The van der Waals surface area contributed by atoms with Gasteiger partial charge in [0, 0.05) is 18.3 Å². The number of imidazole rings is 1. The minimum absolute atomic E-state index is 0.371. The number of hydrogen-bond donors (Lipinski definition) is 2. The highest BCUT2D eigenvalue weighted by Crippen LogP contribution is 2.07. The van der Waals surface area contributed by atoms with Crippen LogP contribution in [0.15, 0.2) is 12.5 Å². The van der Waals surface area contributed by atoms with Gasteiger partial charge in [0.25, 0.3) is 0 Å². The Balaban J connectivity index is 2.48. The molecule has 92 valence electrons. The minimum Gasteiger partial charge on any atom is -0.444 e. The first-order valence-corrected chi connectivity index (χ1v) is 5.27. The van der Waals surface area contributed by atoms with Gasteiger partial charge in [-0.1, -0.05) is 0 Å². The molecule has 0 spiro atoms. The van der Waals surface area contributed by atoms with Crippen LogP contribution in [0.5, 0.6) is 0 Å². The van der Waals surface area contributed by atoms with Crippen LogP contribution in [0.4, 0.5) is 4.79 Å². The normalized spacial score (nSPS) is 12.6. The number of aromatic amines is 1. The molecule has 1 aromatic rings. The third-order valence-corrected chi connectivity index (χ3v) is 1.83. The van der Waals surface area contributed by atoms with Gasteiger partial charge in [0.1, 0.15) is 11.6 Å². The molecule has 1 rings (SSSR count). The molecule has 6 nitrogen and oxygen atoms in total. The highest BCUT2D eigenvalue weighted by molar-refractivity contribution is 5.68. The van der Waals surface area contributed by atoms with Crippen molar-refractivity contribution in [1.29, 1.82) is 5.26 Å². The van der Waals surface area contributed by atoms with Crippen LogP contribution < -0.4 is 5.32 Å². The molecular formula is C11H16N4O2. The Kier molecular flexibility index (Phi) is 4.10. The second-order valence-electron chi connectivity index (χ2n) is 4.61. The molecule has 0 fully saturated rings. The van der Waals surface area contributed by atoms with Gasteiger partial charge in [0.2, 0.25) is 0 Å². The summed E-state index contributed by atoms with van der Waals surface area (Å²) in [6, 6.07) is 1.36. The van der Waals surface area contributed by atoms with E-state index in [9.17, 15) is 4.79 Å². The number of carbonyl (C=O) groups excluding carboxylic acids is 1. The molecule has 0 saturated carbocycles. The summed E-state index contributed by atoms with van der Waals surface area (Å²) in [4.78, 5) is 18.2. The number of nitrogens with one attached hydrogen (secondary N) is 2. The van der Waals surface area contributed by atoms with Gasteiger partial charge in [0.15, 0.2) is 0 Å². The lowest BCUT2D eigenvalue weighted by molar-refractivity contribution is 0.0516. The number of carbonyl (C=O) groups is 1. The van der Waals surface area contributed by atoms with E-state index in [0.29, 0.717) is 6.42 Å². The predicted octanol–water partition coefficient (Wildman–Crippen LogP) is 1.37. The molecule has 6 heteroatoms. The quantitative estimate of drug-likeness (QED) is 0.829. The first-order valence-electron chi connectivity index (χ1n) is 5.27. The summed E-state index contributed by atoms with van der Waals surface area (Å²) in [6.45, 7) is 5.30. The summed E-state index contributed by atoms with van der Waals surface area (Å²) in [5, 5.41) is 11.4. The number of rotatable bonds is 3. The standard InChI is InChI=1S/C11H16N4O2/c1-11(2,3)17-10(16)15-8(5-12)4-9-6-13-7-14-9/h6-8H,4H2,1-3H3,(H,13,14)(H,15,16)/t8-/m0/s1. The Hall–Kier alpha value is -2.03.